The van der Waals surface area contributed by atoms with E-state index >= 15 is 0 Å². The van der Waals surface area contributed by atoms with Crippen LogP contribution in [-0.2, 0) is 4.74 Å². The summed E-state index contributed by atoms with van der Waals surface area (Å²) in [4.78, 5) is 26.3. The Morgan fingerprint density at radius 2 is 1.97 bits per heavy atom. The summed E-state index contributed by atoms with van der Waals surface area (Å²) in [7, 11) is 0. The number of fused-ring (bicyclic) bond motifs is 1. The predicted molar refractivity (Wildman–Crippen MR) is 112 cm³/mol. The molecule has 0 bridgehead atoms. The summed E-state index contributed by atoms with van der Waals surface area (Å²) in [5, 5.41) is 18.3. The number of nitrogens with zero attached hydrogens (tertiary/aromatic N) is 6. The van der Waals surface area contributed by atoms with Crippen molar-refractivity contribution in [2.45, 2.75) is 0 Å². The summed E-state index contributed by atoms with van der Waals surface area (Å²) in [6.45, 7) is 3.26. The van der Waals surface area contributed by atoms with Gasteiger partial charge >= 0.3 is 5.97 Å². The highest BCUT2D eigenvalue weighted by molar-refractivity contribution is 7.11. The number of hydrogen-bond acceptors (Lipinski definition) is 9. The largest absolute Gasteiger partial charge is 0.476 e. The molecule has 1 saturated heterocycles. The fourth-order valence-corrected chi connectivity index (χ4v) is 3.93. The Morgan fingerprint density at radius 3 is 2.70 bits per heavy atom. The zero-order chi connectivity index (χ0) is 20.5. The van der Waals surface area contributed by atoms with Gasteiger partial charge in [0.15, 0.2) is 11.5 Å². The highest BCUT2D eigenvalue weighted by Crippen LogP contribution is 2.26. The van der Waals surface area contributed by atoms with E-state index in [0.29, 0.717) is 22.9 Å². The maximum atomic E-state index is 11.1. The van der Waals surface area contributed by atoms with Crippen molar-refractivity contribution < 1.29 is 14.6 Å². The number of aromatic carboxylic acids is 1. The summed E-state index contributed by atoms with van der Waals surface area (Å²) < 4.78 is 7.00. The SMILES string of the molecule is O=C(O)c1nc(-c2cnc(Nc3ccc(N4CCOCC4)cc3)c3ncnn23)cs1. The molecule has 0 saturated carbocycles. The van der Waals surface area contributed by atoms with Gasteiger partial charge in [-0.15, -0.1) is 11.3 Å². The molecule has 4 heterocycles. The van der Waals surface area contributed by atoms with Crippen molar-refractivity contribution in [1.82, 2.24) is 24.6 Å². The van der Waals surface area contributed by atoms with E-state index in [1.54, 1.807) is 16.1 Å². The summed E-state index contributed by atoms with van der Waals surface area (Å²) in [6.07, 6.45) is 3.03. The molecule has 0 spiro atoms. The van der Waals surface area contributed by atoms with Crippen LogP contribution in [0.15, 0.2) is 42.2 Å². The Labute approximate surface area is 174 Å². The molecule has 11 heteroatoms. The number of aromatic nitrogens is 5. The van der Waals surface area contributed by atoms with Crippen molar-refractivity contribution in [3.05, 3.63) is 47.2 Å². The maximum Gasteiger partial charge on any atom is 0.365 e. The van der Waals surface area contributed by atoms with Gasteiger partial charge < -0.3 is 20.1 Å². The first kappa shape index (κ1) is 18.5. The lowest BCUT2D eigenvalue weighted by Crippen LogP contribution is -2.36. The van der Waals surface area contributed by atoms with Gasteiger partial charge in [-0.3, -0.25) is 0 Å². The highest BCUT2D eigenvalue weighted by atomic mass is 32.1. The summed E-state index contributed by atoms with van der Waals surface area (Å²) in [5.74, 6) is -0.517. The van der Waals surface area contributed by atoms with Gasteiger partial charge in [-0.2, -0.15) is 5.10 Å². The zero-order valence-corrected chi connectivity index (χ0v) is 16.5. The number of nitrogens with one attached hydrogen (secondary N) is 1. The molecule has 152 valence electrons. The molecule has 5 rings (SSSR count). The average Bonchev–Trinajstić information content (AvgIpc) is 3.46. The van der Waals surface area contributed by atoms with Gasteiger partial charge in [0.2, 0.25) is 5.01 Å². The topological polar surface area (TPSA) is 118 Å². The van der Waals surface area contributed by atoms with Gasteiger partial charge in [0.05, 0.1) is 19.4 Å². The second-order valence-electron chi connectivity index (χ2n) is 6.60. The first-order valence-electron chi connectivity index (χ1n) is 9.27. The molecule has 1 aliphatic rings. The third-order valence-electron chi connectivity index (χ3n) is 4.76. The lowest BCUT2D eigenvalue weighted by Gasteiger charge is -2.28. The second-order valence-corrected chi connectivity index (χ2v) is 7.46. The van der Waals surface area contributed by atoms with E-state index in [1.165, 1.54) is 6.33 Å². The van der Waals surface area contributed by atoms with E-state index in [0.717, 1.165) is 49.0 Å². The van der Waals surface area contributed by atoms with Crippen molar-refractivity contribution in [1.29, 1.82) is 0 Å². The Morgan fingerprint density at radius 1 is 1.17 bits per heavy atom. The molecule has 10 nitrogen and oxygen atoms in total. The molecule has 0 atom stereocenters. The number of carbonyl (C=O) groups is 1. The summed E-state index contributed by atoms with van der Waals surface area (Å²) in [6, 6.07) is 8.11. The number of benzene rings is 1. The minimum atomic E-state index is -1.06. The number of morpholine rings is 1. The monoisotopic (exact) mass is 423 g/mol. The third-order valence-corrected chi connectivity index (χ3v) is 5.59. The molecule has 3 aromatic heterocycles. The summed E-state index contributed by atoms with van der Waals surface area (Å²) in [5.41, 5.74) is 3.60. The molecule has 1 aromatic carbocycles. The van der Waals surface area contributed by atoms with E-state index < -0.39 is 5.97 Å². The molecular formula is C19H17N7O3S. The van der Waals surface area contributed by atoms with Crippen LogP contribution in [0.4, 0.5) is 17.2 Å². The van der Waals surface area contributed by atoms with Crippen molar-refractivity contribution in [3.63, 3.8) is 0 Å². The standard InChI is InChI=1S/C19H17N7O3S/c27-19(28)18-24-14(10-30-18)15-9-20-16(17-21-11-22-26(15)17)23-12-1-3-13(4-2-12)25-5-7-29-8-6-25/h1-4,9-11H,5-8H2,(H,20,23)(H,27,28). The number of rotatable bonds is 5. The first-order valence-corrected chi connectivity index (χ1v) is 10.1. The summed E-state index contributed by atoms with van der Waals surface area (Å²) >= 11 is 1.06. The van der Waals surface area contributed by atoms with Crippen LogP contribution in [-0.4, -0.2) is 61.9 Å². The zero-order valence-electron chi connectivity index (χ0n) is 15.7. The van der Waals surface area contributed by atoms with Gasteiger partial charge in [0.25, 0.3) is 0 Å². The second kappa shape index (κ2) is 7.69. The van der Waals surface area contributed by atoms with Crippen LogP contribution in [0.2, 0.25) is 0 Å². The van der Waals surface area contributed by atoms with Crippen LogP contribution in [0.25, 0.3) is 17.0 Å². The Hall–Kier alpha value is -3.57. The van der Waals surface area contributed by atoms with Crippen LogP contribution in [0.1, 0.15) is 9.80 Å². The molecule has 0 radical (unpaired) electrons. The minimum Gasteiger partial charge on any atom is -0.476 e. The molecule has 1 fully saturated rings. The van der Waals surface area contributed by atoms with Crippen LogP contribution in [0.5, 0.6) is 0 Å². The molecule has 4 aromatic rings. The number of carboxylic acid groups (broad SMARTS) is 1. The quantitative estimate of drug-likeness (QED) is 0.499. The molecule has 0 amide bonds. The van der Waals surface area contributed by atoms with Crippen molar-refractivity contribution in [3.8, 4) is 11.4 Å². The number of ether oxygens (including phenoxy) is 1. The van der Waals surface area contributed by atoms with Gasteiger partial charge in [-0.05, 0) is 24.3 Å². The van der Waals surface area contributed by atoms with Gasteiger partial charge in [0, 0.05) is 29.8 Å². The molecular weight excluding hydrogens is 406 g/mol. The van der Waals surface area contributed by atoms with Crippen LogP contribution < -0.4 is 10.2 Å². The van der Waals surface area contributed by atoms with E-state index in [4.69, 9.17) is 9.84 Å². The Balaban J connectivity index is 1.41. The van der Waals surface area contributed by atoms with Gasteiger partial charge in [0.1, 0.15) is 17.7 Å². The molecule has 30 heavy (non-hydrogen) atoms. The normalized spacial score (nSPS) is 14.2. The van der Waals surface area contributed by atoms with E-state index in [1.807, 2.05) is 12.1 Å². The average molecular weight is 423 g/mol. The van der Waals surface area contributed by atoms with Crippen molar-refractivity contribution in [2.24, 2.45) is 0 Å². The molecule has 2 N–H and O–H groups in total. The van der Waals surface area contributed by atoms with Crippen LogP contribution in [0.3, 0.4) is 0 Å². The number of hydrogen-bond donors (Lipinski definition) is 2. The van der Waals surface area contributed by atoms with Crippen LogP contribution >= 0.6 is 11.3 Å². The maximum absolute atomic E-state index is 11.1. The van der Waals surface area contributed by atoms with E-state index in [-0.39, 0.29) is 5.01 Å². The highest BCUT2D eigenvalue weighted by Gasteiger charge is 2.16. The number of anilines is 3. The van der Waals surface area contributed by atoms with E-state index in [9.17, 15) is 4.79 Å². The Kier molecular flexibility index (Phi) is 4.73. The minimum absolute atomic E-state index is 0.0147. The van der Waals surface area contributed by atoms with E-state index in [2.05, 4.69) is 42.4 Å². The smallest absolute Gasteiger partial charge is 0.365 e. The number of carboxylic acids is 1. The fraction of sp³-hybridized carbons (Fsp3) is 0.211. The number of thiazole rings is 1. The Bertz CT molecular complexity index is 1200. The van der Waals surface area contributed by atoms with Crippen molar-refractivity contribution in [2.75, 3.05) is 36.5 Å². The first-order chi connectivity index (χ1) is 14.7. The lowest BCUT2D eigenvalue weighted by atomic mass is 10.2. The lowest BCUT2D eigenvalue weighted by molar-refractivity contribution is 0.0696. The van der Waals surface area contributed by atoms with Crippen LogP contribution in [0, 0.1) is 0 Å². The molecule has 1 aliphatic heterocycles. The third kappa shape index (κ3) is 3.44. The van der Waals surface area contributed by atoms with Gasteiger partial charge in [-0.25, -0.2) is 24.3 Å². The van der Waals surface area contributed by atoms with Crippen molar-refractivity contribution >= 4 is 40.1 Å². The van der Waals surface area contributed by atoms with Gasteiger partial charge in [-0.1, -0.05) is 0 Å². The fourth-order valence-electron chi connectivity index (χ4n) is 3.28. The predicted octanol–water partition coefficient (Wildman–Crippen LogP) is 2.53. The molecule has 0 aliphatic carbocycles. The molecule has 0 unspecified atom stereocenters.